The lowest BCUT2D eigenvalue weighted by molar-refractivity contribution is -0.122. The number of rotatable bonds is 4. The summed E-state index contributed by atoms with van der Waals surface area (Å²) in [6, 6.07) is 9.40. The van der Waals surface area contributed by atoms with Crippen LogP contribution in [0.2, 0.25) is 15.1 Å². The SMILES string of the molecule is CC(NC(=O)CN1C(=O)c2cc(Cl)c(Cl)cc2C1=O)c1ccccc1Cl. The molecule has 26 heavy (non-hydrogen) atoms. The first-order valence-electron chi connectivity index (χ1n) is 7.68. The zero-order chi connectivity index (χ0) is 19.0. The number of fused-ring (bicyclic) bond motifs is 1. The Kier molecular flexibility index (Phi) is 5.23. The van der Waals surface area contributed by atoms with Crippen LogP contribution in [-0.2, 0) is 4.79 Å². The average Bonchev–Trinajstić information content (AvgIpc) is 2.80. The summed E-state index contributed by atoms with van der Waals surface area (Å²) < 4.78 is 0. The van der Waals surface area contributed by atoms with Crippen LogP contribution in [0.1, 0.15) is 39.2 Å². The number of imide groups is 1. The number of carbonyl (C=O) groups is 3. The van der Waals surface area contributed by atoms with Gasteiger partial charge in [-0.3, -0.25) is 19.3 Å². The van der Waals surface area contributed by atoms with Crippen molar-refractivity contribution in [3.8, 4) is 0 Å². The minimum absolute atomic E-state index is 0.136. The maximum Gasteiger partial charge on any atom is 0.262 e. The van der Waals surface area contributed by atoms with Gasteiger partial charge in [0.25, 0.3) is 11.8 Å². The molecule has 0 bridgehead atoms. The number of carbonyl (C=O) groups excluding carboxylic acids is 3. The predicted octanol–water partition coefficient (Wildman–Crippen LogP) is 4.12. The van der Waals surface area contributed by atoms with Crippen molar-refractivity contribution in [2.24, 2.45) is 0 Å². The van der Waals surface area contributed by atoms with E-state index in [1.807, 2.05) is 6.07 Å². The molecule has 2 aromatic rings. The third kappa shape index (κ3) is 3.43. The zero-order valence-corrected chi connectivity index (χ0v) is 15.8. The lowest BCUT2D eigenvalue weighted by Gasteiger charge is -2.18. The largest absolute Gasteiger partial charge is 0.348 e. The van der Waals surface area contributed by atoms with Gasteiger partial charge in [0, 0.05) is 5.02 Å². The summed E-state index contributed by atoms with van der Waals surface area (Å²) in [5.41, 5.74) is 1.01. The molecule has 1 atom stereocenters. The van der Waals surface area contributed by atoms with Crippen LogP contribution in [0.3, 0.4) is 0 Å². The van der Waals surface area contributed by atoms with E-state index in [0.717, 1.165) is 10.5 Å². The molecule has 2 aromatic carbocycles. The highest BCUT2D eigenvalue weighted by atomic mass is 35.5. The van der Waals surface area contributed by atoms with E-state index in [-0.39, 0.29) is 27.2 Å². The van der Waals surface area contributed by atoms with Gasteiger partial charge >= 0.3 is 0 Å². The van der Waals surface area contributed by atoms with E-state index in [9.17, 15) is 14.4 Å². The van der Waals surface area contributed by atoms with E-state index in [2.05, 4.69) is 5.32 Å². The van der Waals surface area contributed by atoms with Crippen LogP contribution in [0.25, 0.3) is 0 Å². The highest BCUT2D eigenvalue weighted by Gasteiger charge is 2.37. The molecule has 3 amide bonds. The van der Waals surface area contributed by atoms with Crippen molar-refractivity contribution in [3.63, 3.8) is 0 Å². The van der Waals surface area contributed by atoms with Crippen LogP contribution in [0.5, 0.6) is 0 Å². The van der Waals surface area contributed by atoms with Crippen molar-refractivity contribution in [1.82, 2.24) is 10.2 Å². The first-order valence-corrected chi connectivity index (χ1v) is 8.82. The number of hydrogen-bond donors (Lipinski definition) is 1. The van der Waals surface area contributed by atoms with E-state index in [0.29, 0.717) is 5.02 Å². The van der Waals surface area contributed by atoms with Gasteiger partial charge in [0.05, 0.1) is 27.2 Å². The van der Waals surface area contributed by atoms with Gasteiger partial charge in [0.2, 0.25) is 5.91 Å². The Bertz CT molecular complexity index is 889. The summed E-state index contributed by atoms with van der Waals surface area (Å²) in [5, 5.41) is 3.59. The number of amides is 3. The zero-order valence-electron chi connectivity index (χ0n) is 13.6. The second-order valence-electron chi connectivity index (χ2n) is 5.82. The highest BCUT2D eigenvalue weighted by molar-refractivity contribution is 6.43. The molecule has 0 radical (unpaired) electrons. The van der Waals surface area contributed by atoms with E-state index in [1.165, 1.54) is 12.1 Å². The normalized spacial score (nSPS) is 14.4. The van der Waals surface area contributed by atoms with Crippen LogP contribution < -0.4 is 5.32 Å². The Morgan fingerprint density at radius 2 is 1.54 bits per heavy atom. The molecule has 0 spiro atoms. The molecule has 0 aromatic heterocycles. The molecule has 5 nitrogen and oxygen atoms in total. The second kappa shape index (κ2) is 7.27. The maximum atomic E-state index is 12.4. The van der Waals surface area contributed by atoms with Crippen LogP contribution in [0, 0.1) is 0 Å². The second-order valence-corrected chi connectivity index (χ2v) is 7.04. The summed E-state index contributed by atoms with van der Waals surface area (Å²) in [4.78, 5) is 38.0. The van der Waals surface area contributed by atoms with E-state index < -0.39 is 24.3 Å². The fraction of sp³-hybridized carbons (Fsp3) is 0.167. The van der Waals surface area contributed by atoms with Crippen molar-refractivity contribution < 1.29 is 14.4 Å². The third-order valence-electron chi connectivity index (χ3n) is 4.06. The first-order chi connectivity index (χ1) is 12.3. The van der Waals surface area contributed by atoms with Crippen LogP contribution in [0.15, 0.2) is 36.4 Å². The molecule has 3 rings (SSSR count). The number of benzene rings is 2. The smallest absolute Gasteiger partial charge is 0.262 e. The molecule has 0 aliphatic carbocycles. The summed E-state index contributed by atoms with van der Waals surface area (Å²) in [5.74, 6) is -1.64. The van der Waals surface area contributed by atoms with Gasteiger partial charge in [-0.25, -0.2) is 0 Å². The average molecular weight is 412 g/mol. The molecule has 0 fully saturated rings. The Morgan fingerprint density at radius 3 is 2.08 bits per heavy atom. The maximum absolute atomic E-state index is 12.4. The molecule has 1 heterocycles. The van der Waals surface area contributed by atoms with E-state index >= 15 is 0 Å². The van der Waals surface area contributed by atoms with Crippen molar-refractivity contribution in [2.75, 3.05) is 6.54 Å². The molecule has 1 aliphatic rings. The summed E-state index contributed by atoms with van der Waals surface area (Å²) in [6.45, 7) is 1.36. The summed E-state index contributed by atoms with van der Waals surface area (Å²) >= 11 is 17.9. The van der Waals surface area contributed by atoms with Gasteiger partial charge in [-0.2, -0.15) is 0 Å². The molecule has 1 aliphatic heterocycles. The van der Waals surface area contributed by atoms with Gasteiger partial charge < -0.3 is 5.32 Å². The van der Waals surface area contributed by atoms with Gasteiger partial charge in [0.1, 0.15) is 6.54 Å². The fourth-order valence-electron chi connectivity index (χ4n) is 2.76. The van der Waals surface area contributed by atoms with Crippen molar-refractivity contribution in [1.29, 1.82) is 0 Å². The quantitative estimate of drug-likeness (QED) is 0.770. The number of halogens is 3. The van der Waals surface area contributed by atoms with E-state index in [1.54, 1.807) is 25.1 Å². The molecule has 1 N–H and O–H groups in total. The molecular formula is C18H13Cl3N2O3. The number of hydrogen-bond acceptors (Lipinski definition) is 3. The highest BCUT2D eigenvalue weighted by Crippen LogP contribution is 2.31. The molecule has 0 saturated carbocycles. The van der Waals surface area contributed by atoms with Gasteiger partial charge in [-0.05, 0) is 30.7 Å². The molecule has 8 heteroatoms. The number of nitrogens with one attached hydrogen (secondary N) is 1. The van der Waals surface area contributed by atoms with Crippen molar-refractivity contribution >= 4 is 52.5 Å². The van der Waals surface area contributed by atoms with Gasteiger partial charge in [-0.1, -0.05) is 53.0 Å². The Balaban J connectivity index is 1.73. The van der Waals surface area contributed by atoms with Crippen molar-refractivity contribution in [3.05, 3.63) is 68.2 Å². The monoisotopic (exact) mass is 410 g/mol. The third-order valence-corrected chi connectivity index (χ3v) is 5.13. The molecule has 134 valence electrons. The van der Waals surface area contributed by atoms with Crippen molar-refractivity contribution in [2.45, 2.75) is 13.0 Å². The van der Waals surface area contributed by atoms with Crippen LogP contribution >= 0.6 is 34.8 Å². The topological polar surface area (TPSA) is 66.5 Å². The van der Waals surface area contributed by atoms with E-state index in [4.69, 9.17) is 34.8 Å². The first kappa shape index (κ1) is 18.7. The Labute approximate surface area is 164 Å². The molecule has 0 saturated heterocycles. The lowest BCUT2D eigenvalue weighted by Crippen LogP contribution is -2.41. The Hall–Kier alpha value is -2.08. The van der Waals surface area contributed by atoms with Crippen LogP contribution in [-0.4, -0.2) is 29.2 Å². The lowest BCUT2D eigenvalue weighted by atomic mass is 10.1. The standard InChI is InChI=1S/C18H13Cl3N2O3/c1-9(10-4-2-3-5-13(10)19)22-16(24)8-23-17(25)11-6-14(20)15(21)7-12(11)18(23)26/h2-7,9H,8H2,1H3,(H,22,24). The van der Waals surface area contributed by atoms with Crippen LogP contribution in [0.4, 0.5) is 0 Å². The van der Waals surface area contributed by atoms with Gasteiger partial charge in [0.15, 0.2) is 0 Å². The predicted molar refractivity (Wildman–Crippen MR) is 99.8 cm³/mol. The minimum Gasteiger partial charge on any atom is -0.348 e. The molecular weight excluding hydrogens is 399 g/mol. The number of nitrogens with zero attached hydrogens (tertiary/aromatic N) is 1. The molecule has 1 unspecified atom stereocenters. The summed E-state index contributed by atoms with van der Waals surface area (Å²) in [6.07, 6.45) is 0. The Morgan fingerprint density at radius 1 is 1.00 bits per heavy atom. The summed E-state index contributed by atoms with van der Waals surface area (Å²) in [7, 11) is 0. The van der Waals surface area contributed by atoms with Gasteiger partial charge in [-0.15, -0.1) is 0 Å². The fourth-order valence-corrected chi connectivity index (χ4v) is 3.39. The minimum atomic E-state index is -0.580.